The van der Waals surface area contributed by atoms with Crippen molar-refractivity contribution in [2.24, 2.45) is 10.9 Å². The summed E-state index contributed by atoms with van der Waals surface area (Å²) >= 11 is 0. The highest BCUT2D eigenvalue weighted by molar-refractivity contribution is 7.91. The number of nitrogens with zero attached hydrogens (tertiary/aromatic N) is 2. The Labute approximate surface area is 239 Å². The number of hydrogen-bond donors (Lipinski definition) is 2. The zero-order valence-corrected chi connectivity index (χ0v) is 25.3. The molecule has 2 amide bonds. The van der Waals surface area contributed by atoms with E-state index in [1.54, 1.807) is 0 Å². The van der Waals surface area contributed by atoms with E-state index < -0.39 is 9.84 Å². The highest BCUT2D eigenvalue weighted by atomic mass is 32.2. The Morgan fingerprint density at radius 1 is 1.15 bits per heavy atom. The molecule has 10 heteroatoms. The van der Waals surface area contributed by atoms with Gasteiger partial charge in [-0.1, -0.05) is 32.6 Å². The minimum atomic E-state index is -2.98. The second kappa shape index (κ2) is 14.9. The molecule has 1 atom stereocenters. The molecule has 0 aromatic heterocycles. The SMILES string of the molecule is C=C(CN1CCS(=O)(=O)CC1)C(=O)NCC(NC(=O)CCC(C)=Nc1ccc(C(C)C)cc1C)C1CCOCC1. The summed E-state index contributed by atoms with van der Waals surface area (Å²) < 4.78 is 28.8. The number of nitrogens with one attached hydrogen (secondary N) is 2. The van der Waals surface area contributed by atoms with E-state index in [-0.39, 0.29) is 35.3 Å². The van der Waals surface area contributed by atoms with Crippen LogP contribution in [-0.4, -0.2) is 87.8 Å². The van der Waals surface area contributed by atoms with Crippen LogP contribution in [0.3, 0.4) is 0 Å². The van der Waals surface area contributed by atoms with Crippen LogP contribution in [0.25, 0.3) is 0 Å². The van der Waals surface area contributed by atoms with Gasteiger partial charge in [0.2, 0.25) is 11.8 Å². The highest BCUT2D eigenvalue weighted by Crippen LogP contribution is 2.24. The lowest BCUT2D eigenvalue weighted by Gasteiger charge is -2.31. The van der Waals surface area contributed by atoms with Gasteiger partial charge in [-0.3, -0.25) is 19.5 Å². The summed E-state index contributed by atoms with van der Waals surface area (Å²) in [4.78, 5) is 32.4. The molecule has 2 aliphatic heterocycles. The van der Waals surface area contributed by atoms with Gasteiger partial charge < -0.3 is 15.4 Å². The predicted octanol–water partition coefficient (Wildman–Crippen LogP) is 3.31. The number of rotatable bonds is 12. The minimum absolute atomic E-state index is 0.0690. The van der Waals surface area contributed by atoms with Crippen LogP contribution >= 0.6 is 0 Å². The standard InChI is InChI=1S/C30H46N4O5S/c1-21(2)26-7-8-27(22(3)18-26)32-24(5)6-9-29(35)33-28(25-10-14-39-15-11-25)19-31-30(36)23(4)20-34-12-16-40(37,38)17-13-34/h7-8,18,21,25,28H,4,6,9-17,19-20H2,1-3,5H3,(H,31,36)(H,33,35). The normalized spacial score (nSPS) is 19.3. The van der Waals surface area contributed by atoms with Crippen molar-refractivity contribution in [3.63, 3.8) is 0 Å². The maximum absolute atomic E-state index is 12.9. The van der Waals surface area contributed by atoms with Crippen molar-refractivity contribution in [2.45, 2.75) is 65.3 Å². The summed E-state index contributed by atoms with van der Waals surface area (Å²) in [7, 11) is -2.98. The molecule has 0 saturated carbocycles. The minimum Gasteiger partial charge on any atom is -0.381 e. The summed E-state index contributed by atoms with van der Waals surface area (Å²) in [6, 6.07) is 6.10. The fourth-order valence-electron chi connectivity index (χ4n) is 5.03. The molecular weight excluding hydrogens is 528 g/mol. The molecule has 1 unspecified atom stereocenters. The Kier molecular flexibility index (Phi) is 11.9. The largest absolute Gasteiger partial charge is 0.381 e. The van der Waals surface area contributed by atoms with E-state index in [4.69, 9.17) is 9.73 Å². The van der Waals surface area contributed by atoms with E-state index >= 15 is 0 Å². The van der Waals surface area contributed by atoms with E-state index in [0.29, 0.717) is 63.7 Å². The van der Waals surface area contributed by atoms with Crippen molar-refractivity contribution < 1.29 is 22.7 Å². The van der Waals surface area contributed by atoms with E-state index in [0.717, 1.165) is 29.8 Å². The van der Waals surface area contributed by atoms with Gasteiger partial charge in [-0.15, -0.1) is 0 Å². The average molecular weight is 575 g/mol. The van der Waals surface area contributed by atoms with Gasteiger partial charge in [-0.2, -0.15) is 0 Å². The van der Waals surface area contributed by atoms with Crippen molar-refractivity contribution in [2.75, 3.05) is 50.9 Å². The van der Waals surface area contributed by atoms with Crippen LogP contribution in [0.5, 0.6) is 0 Å². The molecule has 2 heterocycles. The van der Waals surface area contributed by atoms with Crippen molar-refractivity contribution in [3.05, 3.63) is 41.5 Å². The Balaban J connectivity index is 1.52. The highest BCUT2D eigenvalue weighted by Gasteiger charge is 2.27. The molecule has 40 heavy (non-hydrogen) atoms. The Bertz CT molecular complexity index is 1170. The lowest BCUT2D eigenvalue weighted by Crippen LogP contribution is -2.50. The zero-order valence-electron chi connectivity index (χ0n) is 24.5. The van der Waals surface area contributed by atoms with Gasteiger partial charge >= 0.3 is 0 Å². The van der Waals surface area contributed by atoms with Crippen molar-refractivity contribution >= 4 is 33.1 Å². The quantitative estimate of drug-likeness (QED) is 0.292. The average Bonchev–Trinajstić information content (AvgIpc) is 2.92. The van der Waals surface area contributed by atoms with Gasteiger partial charge in [0.05, 0.1) is 17.2 Å². The summed E-state index contributed by atoms with van der Waals surface area (Å²) in [6.07, 6.45) is 2.50. The molecule has 0 radical (unpaired) electrons. The van der Waals surface area contributed by atoms with Crippen LogP contribution < -0.4 is 10.6 Å². The van der Waals surface area contributed by atoms with Crippen molar-refractivity contribution in [3.8, 4) is 0 Å². The number of hydrogen-bond acceptors (Lipinski definition) is 7. The lowest BCUT2D eigenvalue weighted by atomic mass is 9.91. The van der Waals surface area contributed by atoms with Gasteiger partial charge in [-0.25, -0.2) is 8.42 Å². The second-order valence-corrected chi connectivity index (χ2v) is 13.7. The number of carbonyl (C=O) groups excluding carboxylic acids is 2. The molecule has 9 nitrogen and oxygen atoms in total. The van der Waals surface area contributed by atoms with E-state index in [2.05, 4.69) is 50.1 Å². The molecule has 2 saturated heterocycles. The summed E-state index contributed by atoms with van der Waals surface area (Å²) in [5.41, 5.74) is 4.62. The number of amides is 2. The topological polar surface area (TPSA) is 117 Å². The molecule has 1 aromatic carbocycles. The monoisotopic (exact) mass is 574 g/mol. The number of aryl methyl sites for hydroxylation is 1. The van der Waals surface area contributed by atoms with Crippen LogP contribution in [-0.2, 0) is 24.2 Å². The first-order chi connectivity index (χ1) is 18.9. The Morgan fingerprint density at radius 2 is 1.82 bits per heavy atom. The Morgan fingerprint density at radius 3 is 2.45 bits per heavy atom. The molecule has 0 bridgehead atoms. The molecule has 0 spiro atoms. The maximum atomic E-state index is 12.9. The molecule has 2 aliphatic rings. The molecular formula is C30H46N4O5S. The maximum Gasteiger partial charge on any atom is 0.247 e. The molecule has 0 aliphatic carbocycles. The van der Waals surface area contributed by atoms with Gasteiger partial charge in [0.15, 0.2) is 9.84 Å². The van der Waals surface area contributed by atoms with Crippen LogP contribution in [0.1, 0.15) is 63.5 Å². The van der Waals surface area contributed by atoms with E-state index in [9.17, 15) is 18.0 Å². The number of ether oxygens (including phenoxy) is 1. The second-order valence-electron chi connectivity index (χ2n) is 11.4. The smallest absolute Gasteiger partial charge is 0.247 e. The van der Waals surface area contributed by atoms with E-state index in [1.807, 2.05) is 17.9 Å². The van der Waals surface area contributed by atoms with Crippen molar-refractivity contribution in [1.82, 2.24) is 15.5 Å². The molecule has 222 valence electrons. The first-order valence-corrected chi connectivity index (χ1v) is 16.2. The third-order valence-corrected chi connectivity index (χ3v) is 9.36. The fourth-order valence-corrected chi connectivity index (χ4v) is 6.31. The first kappa shape index (κ1) is 32.0. The lowest BCUT2D eigenvalue weighted by molar-refractivity contribution is -0.123. The third kappa shape index (κ3) is 10.1. The fraction of sp³-hybridized carbons (Fsp3) is 0.633. The molecule has 2 N–H and O–H groups in total. The van der Waals surface area contributed by atoms with Crippen LogP contribution in [0, 0.1) is 12.8 Å². The molecule has 3 rings (SSSR count). The van der Waals surface area contributed by atoms with Crippen LogP contribution in [0.4, 0.5) is 5.69 Å². The van der Waals surface area contributed by atoms with Gasteiger partial charge in [0, 0.05) is 63.1 Å². The number of carbonyl (C=O) groups is 2. The van der Waals surface area contributed by atoms with Gasteiger partial charge in [0.25, 0.3) is 0 Å². The number of benzene rings is 1. The summed E-state index contributed by atoms with van der Waals surface area (Å²) in [5, 5.41) is 6.10. The predicted molar refractivity (Wildman–Crippen MR) is 160 cm³/mol. The third-order valence-electron chi connectivity index (χ3n) is 7.75. The number of sulfone groups is 1. The Hall–Kier alpha value is -2.56. The number of aliphatic imine (C=N–C) groups is 1. The summed E-state index contributed by atoms with van der Waals surface area (Å²) in [6.45, 7) is 15.0. The first-order valence-electron chi connectivity index (χ1n) is 14.3. The van der Waals surface area contributed by atoms with Crippen LogP contribution in [0.15, 0.2) is 35.3 Å². The zero-order chi connectivity index (χ0) is 29.3. The van der Waals surface area contributed by atoms with Crippen LogP contribution in [0.2, 0.25) is 0 Å². The van der Waals surface area contributed by atoms with E-state index in [1.165, 1.54) is 5.56 Å². The molecule has 2 fully saturated rings. The van der Waals surface area contributed by atoms with Crippen molar-refractivity contribution in [1.29, 1.82) is 0 Å². The van der Waals surface area contributed by atoms with Gasteiger partial charge in [-0.05, 0) is 62.1 Å². The molecule has 1 aromatic rings. The van der Waals surface area contributed by atoms with Gasteiger partial charge in [0.1, 0.15) is 0 Å². The summed E-state index contributed by atoms with van der Waals surface area (Å²) in [5.74, 6) is 0.531.